The van der Waals surface area contributed by atoms with Crippen LogP contribution < -0.4 is 10.1 Å². The molecule has 1 saturated heterocycles. The number of benzene rings is 1. The molecule has 3 rings (SSSR count). The molecule has 10 nitrogen and oxygen atoms in total. The van der Waals surface area contributed by atoms with Crippen molar-refractivity contribution in [3.05, 3.63) is 59.2 Å². The van der Waals surface area contributed by atoms with E-state index in [-0.39, 0.29) is 37.0 Å². The highest BCUT2D eigenvalue weighted by atomic mass is 16.6. The first-order valence-corrected chi connectivity index (χ1v) is 9.32. The van der Waals surface area contributed by atoms with Crippen molar-refractivity contribution in [2.75, 3.05) is 20.3 Å². The van der Waals surface area contributed by atoms with E-state index < -0.39 is 23.9 Å². The van der Waals surface area contributed by atoms with E-state index in [4.69, 9.17) is 13.9 Å². The molecule has 1 aromatic heterocycles. The molecule has 0 aliphatic carbocycles. The molecule has 3 amide bonds. The van der Waals surface area contributed by atoms with Crippen LogP contribution in [-0.2, 0) is 25.6 Å². The van der Waals surface area contributed by atoms with Gasteiger partial charge in [-0.15, -0.1) is 0 Å². The van der Waals surface area contributed by atoms with Crippen LogP contribution in [0.15, 0.2) is 46.5 Å². The molecule has 0 unspecified atom stereocenters. The minimum absolute atomic E-state index is 0.0249. The summed E-state index contributed by atoms with van der Waals surface area (Å²) in [6, 6.07) is 8.96. The maximum Gasteiger partial charge on any atom is 0.373 e. The van der Waals surface area contributed by atoms with Gasteiger partial charge in [-0.3, -0.25) is 9.69 Å². The van der Waals surface area contributed by atoms with Crippen LogP contribution in [0.5, 0.6) is 5.75 Å². The average Bonchev–Trinajstić information content (AvgIpc) is 3.33. The highest BCUT2D eigenvalue weighted by molar-refractivity contribution is 6.14. The SMILES string of the molecule is CCOC(=O)COc1ccccc1/C=C1\NC(=O)N(Cc2ccc(C(=O)OC)o2)C1=O. The van der Waals surface area contributed by atoms with E-state index >= 15 is 0 Å². The number of hydrogen-bond donors (Lipinski definition) is 1. The molecule has 1 aromatic carbocycles. The third-order valence-electron chi connectivity index (χ3n) is 4.19. The quantitative estimate of drug-likeness (QED) is 0.385. The zero-order valence-electron chi connectivity index (χ0n) is 16.9. The lowest BCUT2D eigenvalue weighted by molar-refractivity contribution is -0.145. The Hall–Kier alpha value is -4.08. The molecule has 1 fully saturated rings. The molecule has 0 spiro atoms. The summed E-state index contributed by atoms with van der Waals surface area (Å²) in [6.07, 6.45) is 1.45. The molecule has 0 radical (unpaired) electrons. The molecule has 10 heteroatoms. The minimum Gasteiger partial charge on any atom is -0.481 e. The molecule has 2 heterocycles. The molecular formula is C21H20N2O8. The van der Waals surface area contributed by atoms with Crippen LogP contribution >= 0.6 is 0 Å². The lowest BCUT2D eigenvalue weighted by Gasteiger charge is -2.10. The number of furan rings is 1. The molecule has 162 valence electrons. The highest BCUT2D eigenvalue weighted by Gasteiger charge is 2.34. The number of nitrogens with zero attached hydrogens (tertiary/aromatic N) is 1. The normalized spacial score (nSPS) is 14.5. The minimum atomic E-state index is -0.663. The first-order chi connectivity index (χ1) is 14.9. The Labute approximate surface area is 177 Å². The number of ether oxygens (including phenoxy) is 3. The van der Waals surface area contributed by atoms with Gasteiger partial charge in [0.1, 0.15) is 17.2 Å². The third kappa shape index (κ3) is 5.10. The van der Waals surface area contributed by atoms with E-state index in [0.29, 0.717) is 11.3 Å². The standard InChI is InChI=1S/C21H20N2O8/c1-3-29-18(24)12-30-16-7-5-4-6-13(16)10-15-19(25)23(21(27)22-15)11-14-8-9-17(31-14)20(26)28-2/h4-10H,3,11-12H2,1-2H3,(H,22,27)/b15-10-. The Kier molecular flexibility index (Phi) is 6.71. The van der Waals surface area contributed by atoms with Gasteiger partial charge >= 0.3 is 18.0 Å². The van der Waals surface area contributed by atoms with Crippen molar-refractivity contribution >= 4 is 30.0 Å². The van der Waals surface area contributed by atoms with Crippen LogP contribution in [0.25, 0.3) is 6.08 Å². The van der Waals surface area contributed by atoms with Gasteiger partial charge in [-0.25, -0.2) is 14.4 Å². The first kappa shape index (κ1) is 21.6. The fourth-order valence-electron chi connectivity index (χ4n) is 2.77. The highest BCUT2D eigenvalue weighted by Crippen LogP contribution is 2.24. The Bertz CT molecular complexity index is 1040. The monoisotopic (exact) mass is 428 g/mol. The van der Waals surface area contributed by atoms with Crippen LogP contribution in [0.1, 0.15) is 28.8 Å². The van der Waals surface area contributed by atoms with E-state index in [1.807, 2.05) is 0 Å². The largest absolute Gasteiger partial charge is 0.481 e. The molecule has 1 aliphatic heterocycles. The van der Waals surface area contributed by atoms with Crippen LogP contribution in [-0.4, -0.2) is 49.1 Å². The van der Waals surface area contributed by atoms with Gasteiger partial charge in [-0.1, -0.05) is 18.2 Å². The number of methoxy groups -OCH3 is 1. The van der Waals surface area contributed by atoms with Gasteiger partial charge < -0.3 is 23.9 Å². The van der Waals surface area contributed by atoms with E-state index in [1.165, 1.54) is 25.3 Å². The van der Waals surface area contributed by atoms with Crippen LogP contribution in [0.4, 0.5) is 4.79 Å². The summed E-state index contributed by atoms with van der Waals surface area (Å²) >= 11 is 0. The van der Waals surface area contributed by atoms with Gasteiger partial charge in [0, 0.05) is 5.56 Å². The first-order valence-electron chi connectivity index (χ1n) is 9.32. The predicted molar refractivity (Wildman–Crippen MR) is 106 cm³/mol. The topological polar surface area (TPSA) is 124 Å². The van der Waals surface area contributed by atoms with Gasteiger partial charge in [-0.2, -0.15) is 0 Å². The fourth-order valence-corrected chi connectivity index (χ4v) is 2.77. The third-order valence-corrected chi connectivity index (χ3v) is 4.19. The number of rotatable bonds is 8. The van der Waals surface area contributed by atoms with Gasteiger partial charge in [0.25, 0.3) is 5.91 Å². The summed E-state index contributed by atoms with van der Waals surface area (Å²) in [4.78, 5) is 48.9. The molecular weight excluding hydrogens is 408 g/mol. The van der Waals surface area contributed by atoms with E-state index in [9.17, 15) is 19.2 Å². The summed E-state index contributed by atoms with van der Waals surface area (Å²) in [5, 5.41) is 2.49. The molecule has 1 N–H and O–H groups in total. The summed E-state index contributed by atoms with van der Waals surface area (Å²) in [5.74, 6) is -1.22. The number of carbonyl (C=O) groups excluding carboxylic acids is 4. The van der Waals surface area contributed by atoms with E-state index in [1.54, 1.807) is 31.2 Å². The second kappa shape index (κ2) is 9.61. The number of hydrogen-bond acceptors (Lipinski definition) is 8. The second-order valence-corrected chi connectivity index (χ2v) is 6.27. The zero-order valence-corrected chi connectivity index (χ0v) is 16.9. The van der Waals surface area contributed by atoms with Crippen molar-refractivity contribution in [3.63, 3.8) is 0 Å². The number of para-hydroxylation sites is 1. The van der Waals surface area contributed by atoms with Crippen molar-refractivity contribution in [1.29, 1.82) is 0 Å². The van der Waals surface area contributed by atoms with E-state index in [0.717, 1.165) is 4.90 Å². The summed E-state index contributed by atoms with van der Waals surface area (Å²) in [5.41, 5.74) is 0.514. The van der Waals surface area contributed by atoms with Crippen molar-refractivity contribution in [1.82, 2.24) is 10.2 Å². The van der Waals surface area contributed by atoms with E-state index in [2.05, 4.69) is 10.1 Å². The summed E-state index contributed by atoms with van der Waals surface area (Å²) in [7, 11) is 1.22. The molecule has 1 aliphatic rings. The number of imide groups is 1. The molecule has 0 bridgehead atoms. The molecule has 0 atom stereocenters. The van der Waals surface area contributed by atoms with Gasteiger partial charge in [0.2, 0.25) is 5.76 Å². The Morgan fingerprint density at radius 2 is 1.94 bits per heavy atom. The zero-order chi connectivity index (χ0) is 22.4. The predicted octanol–water partition coefficient (Wildman–Crippen LogP) is 2.10. The van der Waals surface area contributed by atoms with Crippen molar-refractivity contribution in [2.24, 2.45) is 0 Å². The lowest BCUT2D eigenvalue weighted by atomic mass is 10.1. The Balaban J connectivity index is 1.74. The maximum atomic E-state index is 12.7. The van der Waals surface area contributed by atoms with Crippen molar-refractivity contribution in [2.45, 2.75) is 13.5 Å². The number of carbonyl (C=O) groups is 4. The molecule has 2 aromatic rings. The number of amides is 3. The van der Waals surface area contributed by atoms with Gasteiger partial charge in [0.15, 0.2) is 6.61 Å². The average molecular weight is 428 g/mol. The van der Waals surface area contributed by atoms with Crippen LogP contribution in [0, 0.1) is 0 Å². The van der Waals surface area contributed by atoms with Crippen LogP contribution in [0.3, 0.4) is 0 Å². The molecule has 0 saturated carbocycles. The van der Waals surface area contributed by atoms with Crippen molar-refractivity contribution in [3.8, 4) is 5.75 Å². The number of nitrogens with one attached hydrogen (secondary N) is 1. The second-order valence-electron chi connectivity index (χ2n) is 6.27. The summed E-state index contributed by atoms with van der Waals surface area (Å²) in [6.45, 7) is 1.47. The Morgan fingerprint density at radius 3 is 2.68 bits per heavy atom. The van der Waals surface area contributed by atoms with Crippen LogP contribution in [0.2, 0.25) is 0 Å². The number of esters is 2. The van der Waals surface area contributed by atoms with Gasteiger partial charge in [0.05, 0.1) is 20.3 Å². The maximum absolute atomic E-state index is 12.7. The number of urea groups is 1. The fraction of sp³-hybridized carbons (Fsp3) is 0.238. The summed E-state index contributed by atoms with van der Waals surface area (Å²) < 4.78 is 20.2. The Morgan fingerprint density at radius 1 is 1.16 bits per heavy atom. The van der Waals surface area contributed by atoms with Crippen molar-refractivity contribution < 1.29 is 37.8 Å². The smallest absolute Gasteiger partial charge is 0.373 e. The lowest BCUT2D eigenvalue weighted by Crippen LogP contribution is -2.30. The molecule has 31 heavy (non-hydrogen) atoms. The van der Waals surface area contributed by atoms with Gasteiger partial charge in [-0.05, 0) is 31.2 Å².